The minimum atomic E-state index is -0.991. The number of benzene rings is 1. The molecule has 0 saturated carbocycles. The summed E-state index contributed by atoms with van der Waals surface area (Å²) in [6.45, 7) is 1.54. The van der Waals surface area contributed by atoms with Crippen molar-refractivity contribution in [3.8, 4) is 0 Å². The van der Waals surface area contributed by atoms with E-state index in [1.807, 2.05) is 14.1 Å². The molecule has 0 atom stereocenters. The number of amides is 2. The van der Waals surface area contributed by atoms with Gasteiger partial charge in [0.25, 0.3) is 0 Å². The van der Waals surface area contributed by atoms with Gasteiger partial charge in [-0.3, -0.25) is 0 Å². The summed E-state index contributed by atoms with van der Waals surface area (Å²) in [4.78, 5) is 24.1. The van der Waals surface area contributed by atoms with Gasteiger partial charge in [-0.2, -0.15) is 0 Å². The Balaban J connectivity index is 2.37. The summed E-state index contributed by atoms with van der Waals surface area (Å²) < 4.78 is 0. The lowest BCUT2D eigenvalue weighted by Gasteiger charge is -2.10. The van der Waals surface area contributed by atoms with E-state index < -0.39 is 5.97 Å². The van der Waals surface area contributed by atoms with Crippen LogP contribution in [0.25, 0.3) is 6.08 Å². The molecule has 0 aliphatic heterocycles. The molecule has 0 saturated heterocycles. The monoisotopic (exact) mass is 291 g/mol. The summed E-state index contributed by atoms with van der Waals surface area (Å²) in [6, 6.07) is 6.67. The maximum Gasteiger partial charge on any atom is 0.328 e. The summed E-state index contributed by atoms with van der Waals surface area (Å²) in [5.41, 5.74) is 1.42. The van der Waals surface area contributed by atoms with Crippen LogP contribution in [-0.4, -0.2) is 49.2 Å². The van der Waals surface area contributed by atoms with E-state index in [9.17, 15) is 9.59 Å². The van der Waals surface area contributed by atoms with Crippen molar-refractivity contribution in [1.29, 1.82) is 0 Å². The second kappa shape index (κ2) is 8.76. The van der Waals surface area contributed by atoms with E-state index in [0.29, 0.717) is 12.2 Å². The number of nitrogens with zero attached hydrogens (tertiary/aromatic N) is 1. The predicted molar refractivity (Wildman–Crippen MR) is 83.3 cm³/mol. The summed E-state index contributed by atoms with van der Waals surface area (Å²) in [7, 11) is 3.97. The van der Waals surface area contributed by atoms with Gasteiger partial charge in [-0.05, 0) is 50.8 Å². The van der Waals surface area contributed by atoms with E-state index in [-0.39, 0.29) is 6.03 Å². The Morgan fingerprint density at radius 1 is 1.24 bits per heavy atom. The van der Waals surface area contributed by atoms with Crippen molar-refractivity contribution in [2.75, 3.05) is 32.5 Å². The van der Waals surface area contributed by atoms with E-state index in [0.717, 1.165) is 24.6 Å². The number of rotatable bonds is 7. The molecule has 0 aromatic heterocycles. The molecule has 1 aromatic rings. The number of anilines is 1. The lowest BCUT2D eigenvalue weighted by Crippen LogP contribution is -2.31. The van der Waals surface area contributed by atoms with Crippen LogP contribution in [0.4, 0.5) is 10.5 Å². The molecule has 0 heterocycles. The first-order chi connectivity index (χ1) is 9.97. The van der Waals surface area contributed by atoms with E-state index in [1.165, 1.54) is 6.08 Å². The van der Waals surface area contributed by atoms with Crippen LogP contribution in [0.1, 0.15) is 12.0 Å². The summed E-state index contributed by atoms with van der Waals surface area (Å²) in [5.74, 6) is -0.991. The number of carbonyl (C=O) groups is 2. The van der Waals surface area contributed by atoms with Crippen LogP contribution in [0.2, 0.25) is 0 Å². The maximum absolute atomic E-state index is 11.6. The molecule has 1 aromatic carbocycles. The summed E-state index contributed by atoms with van der Waals surface area (Å²) >= 11 is 0. The zero-order chi connectivity index (χ0) is 15.7. The number of nitrogens with one attached hydrogen (secondary N) is 2. The molecular formula is C15H21N3O3. The molecule has 0 aliphatic carbocycles. The molecule has 6 nitrogen and oxygen atoms in total. The lowest BCUT2D eigenvalue weighted by molar-refractivity contribution is -0.131. The average molecular weight is 291 g/mol. The molecule has 3 N–H and O–H groups in total. The zero-order valence-electron chi connectivity index (χ0n) is 12.3. The van der Waals surface area contributed by atoms with Crippen LogP contribution in [-0.2, 0) is 4.79 Å². The number of carboxylic acids is 1. The Labute approximate surface area is 124 Å². The van der Waals surface area contributed by atoms with Gasteiger partial charge in [-0.15, -0.1) is 0 Å². The third-order valence-corrected chi connectivity index (χ3v) is 2.65. The molecule has 0 unspecified atom stereocenters. The normalized spacial score (nSPS) is 10.8. The number of urea groups is 1. The Morgan fingerprint density at radius 2 is 1.90 bits per heavy atom. The fourth-order valence-electron chi connectivity index (χ4n) is 1.62. The first-order valence-corrected chi connectivity index (χ1v) is 6.68. The number of carbonyl (C=O) groups excluding carboxylic acids is 1. The first kappa shape index (κ1) is 16.7. The molecule has 0 fully saturated rings. The smallest absolute Gasteiger partial charge is 0.328 e. The predicted octanol–water partition coefficient (Wildman–Crippen LogP) is 1.86. The van der Waals surface area contributed by atoms with Crippen molar-refractivity contribution < 1.29 is 14.7 Å². The van der Waals surface area contributed by atoms with Crippen molar-refractivity contribution in [3.63, 3.8) is 0 Å². The zero-order valence-corrected chi connectivity index (χ0v) is 12.3. The fraction of sp³-hybridized carbons (Fsp3) is 0.333. The molecule has 2 amide bonds. The van der Waals surface area contributed by atoms with Gasteiger partial charge in [0.05, 0.1) is 0 Å². The van der Waals surface area contributed by atoms with Crippen LogP contribution in [0, 0.1) is 0 Å². The molecule has 0 aliphatic rings. The fourth-order valence-corrected chi connectivity index (χ4v) is 1.62. The number of carboxylic acid groups (broad SMARTS) is 1. The highest BCUT2D eigenvalue weighted by atomic mass is 16.4. The first-order valence-electron chi connectivity index (χ1n) is 6.68. The minimum Gasteiger partial charge on any atom is -0.478 e. The van der Waals surface area contributed by atoms with Gasteiger partial charge in [0.15, 0.2) is 0 Å². The average Bonchev–Trinajstić information content (AvgIpc) is 2.42. The number of hydrogen-bond acceptors (Lipinski definition) is 3. The molecule has 0 spiro atoms. The standard InChI is InChI=1S/C15H21N3O3/c1-18(2)11-3-10-16-15(21)17-13-7-4-12(5-8-13)6-9-14(19)20/h4-9H,3,10-11H2,1-2H3,(H,19,20)(H2,16,17,21). The quantitative estimate of drug-likeness (QED) is 0.529. The van der Waals surface area contributed by atoms with Gasteiger partial charge in [0.1, 0.15) is 0 Å². The van der Waals surface area contributed by atoms with Crippen molar-refractivity contribution >= 4 is 23.8 Å². The van der Waals surface area contributed by atoms with Gasteiger partial charge < -0.3 is 20.6 Å². The van der Waals surface area contributed by atoms with E-state index in [2.05, 4.69) is 15.5 Å². The molecule has 0 bridgehead atoms. The van der Waals surface area contributed by atoms with E-state index >= 15 is 0 Å². The minimum absolute atomic E-state index is 0.248. The van der Waals surface area contributed by atoms with Gasteiger partial charge in [-0.1, -0.05) is 12.1 Å². The summed E-state index contributed by atoms with van der Waals surface area (Å²) in [6.07, 6.45) is 3.45. The van der Waals surface area contributed by atoms with Gasteiger partial charge in [0, 0.05) is 18.3 Å². The molecule has 21 heavy (non-hydrogen) atoms. The molecule has 6 heteroatoms. The summed E-state index contributed by atoms with van der Waals surface area (Å²) in [5, 5.41) is 14.0. The Morgan fingerprint density at radius 3 is 2.48 bits per heavy atom. The molecule has 1 rings (SSSR count). The second-order valence-electron chi connectivity index (χ2n) is 4.83. The Hall–Kier alpha value is -2.34. The topological polar surface area (TPSA) is 81.7 Å². The van der Waals surface area contributed by atoms with Gasteiger partial charge in [0.2, 0.25) is 0 Å². The third kappa shape index (κ3) is 7.74. The van der Waals surface area contributed by atoms with Crippen LogP contribution in [0.3, 0.4) is 0 Å². The number of aliphatic carboxylic acids is 1. The van der Waals surface area contributed by atoms with E-state index in [1.54, 1.807) is 24.3 Å². The third-order valence-electron chi connectivity index (χ3n) is 2.65. The maximum atomic E-state index is 11.6. The van der Waals surface area contributed by atoms with Gasteiger partial charge >= 0.3 is 12.0 Å². The van der Waals surface area contributed by atoms with E-state index in [4.69, 9.17) is 5.11 Å². The SMILES string of the molecule is CN(C)CCCNC(=O)Nc1ccc(C=CC(=O)O)cc1. The second-order valence-corrected chi connectivity index (χ2v) is 4.83. The Bertz CT molecular complexity index is 495. The molecule has 114 valence electrons. The van der Waals surface area contributed by atoms with Crippen molar-refractivity contribution in [2.24, 2.45) is 0 Å². The highest BCUT2D eigenvalue weighted by Crippen LogP contribution is 2.10. The lowest BCUT2D eigenvalue weighted by atomic mass is 10.2. The van der Waals surface area contributed by atoms with Crippen LogP contribution in [0.5, 0.6) is 0 Å². The van der Waals surface area contributed by atoms with Crippen LogP contribution >= 0.6 is 0 Å². The molecule has 0 radical (unpaired) electrons. The van der Waals surface area contributed by atoms with Crippen LogP contribution in [0.15, 0.2) is 30.3 Å². The number of hydrogen-bond donors (Lipinski definition) is 3. The van der Waals surface area contributed by atoms with Crippen molar-refractivity contribution in [3.05, 3.63) is 35.9 Å². The van der Waals surface area contributed by atoms with Crippen LogP contribution < -0.4 is 10.6 Å². The van der Waals surface area contributed by atoms with Gasteiger partial charge in [-0.25, -0.2) is 9.59 Å². The largest absolute Gasteiger partial charge is 0.478 e. The van der Waals surface area contributed by atoms with Crippen molar-refractivity contribution in [1.82, 2.24) is 10.2 Å². The highest BCUT2D eigenvalue weighted by molar-refractivity contribution is 5.89. The highest BCUT2D eigenvalue weighted by Gasteiger charge is 2.01. The molecular weight excluding hydrogens is 270 g/mol. The van der Waals surface area contributed by atoms with Crippen molar-refractivity contribution in [2.45, 2.75) is 6.42 Å². The Kier molecular flexibility index (Phi) is 6.97.